The number of para-hydroxylation sites is 1. The van der Waals surface area contributed by atoms with Crippen molar-refractivity contribution in [3.63, 3.8) is 0 Å². The van der Waals surface area contributed by atoms with Crippen molar-refractivity contribution in [3.05, 3.63) is 47.8 Å². The number of nitrogens with zero attached hydrogens (tertiary/aromatic N) is 4. The van der Waals surface area contributed by atoms with Gasteiger partial charge in [-0.05, 0) is 32.0 Å². The van der Waals surface area contributed by atoms with Crippen LogP contribution in [0.4, 0.5) is 0 Å². The van der Waals surface area contributed by atoms with Gasteiger partial charge in [0.15, 0.2) is 0 Å². The third-order valence-corrected chi connectivity index (χ3v) is 4.17. The van der Waals surface area contributed by atoms with Crippen molar-refractivity contribution in [1.82, 2.24) is 19.6 Å². The van der Waals surface area contributed by atoms with E-state index in [0.717, 1.165) is 17.1 Å². The van der Waals surface area contributed by atoms with Crippen LogP contribution in [0.25, 0.3) is 5.78 Å². The van der Waals surface area contributed by atoms with E-state index in [1.807, 2.05) is 50.2 Å². The highest BCUT2D eigenvalue weighted by molar-refractivity contribution is 7.99. The Kier molecular flexibility index (Phi) is 4.78. The maximum atomic E-state index is 10.0. The zero-order valence-corrected chi connectivity index (χ0v) is 13.8. The average molecular weight is 330 g/mol. The molecule has 3 aromatic rings. The Hall–Kier alpha value is -2.12. The van der Waals surface area contributed by atoms with E-state index in [1.165, 1.54) is 11.8 Å². The lowest BCUT2D eigenvalue weighted by Gasteiger charge is -2.10. The van der Waals surface area contributed by atoms with E-state index in [1.54, 1.807) is 4.52 Å². The number of hydrogen-bond acceptors (Lipinski definition) is 6. The van der Waals surface area contributed by atoms with Gasteiger partial charge < -0.3 is 9.84 Å². The van der Waals surface area contributed by atoms with Gasteiger partial charge in [0, 0.05) is 17.1 Å². The molecule has 0 amide bonds. The van der Waals surface area contributed by atoms with Gasteiger partial charge in [0.2, 0.25) is 5.16 Å². The van der Waals surface area contributed by atoms with E-state index in [4.69, 9.17) is 4.74 Å². The number of aryl methyl sites for hydroxylation is 2. The molecule has 0 saturated heterocycles. The first-order valence-electron chi connectivity index (χ1n) is 7.31. The van der Waals surface area contributed by atoms with Crippen LogP contribution >= 0.6 is 11.8 Å². The molecule has 2 heterocycles. The molecule has 1 N–H and O–H groups in total. The SMILES string of the molecule is Cc1cc(C)n2nc(SC[C@H](O)COc3ccccc3)nc2n1. The fourth-order valence-electron chi connectivity index (χ4n) is 2.14. The van der Waals surface area contributed by atoms with Crippen LogP contribution in [0.3, 0.4) is 0 Å². The average Bonchev–Trinajstić information content (AvgIpc) is 2.95. The van der Waals surface area contributed by atoms with Crippen LogP contribution in [0.1, 0.15) is 11.4 Å². The van der Waals surface area contributed by atoms with E-state index in [2.05, 4.69) is 15.1 Å². The van der Waals surface area contributed by atoms with Crippen molar-refractivity contribution in [3.8, 4) is 5.75 Å². The van der Waals surface area contributed by atoms with Crippen LogP contribution in [0, 0.1) is 13.8 Å². The summed E-state index contributed by atoms with van der Waals surface area (Å²) in [5, 5.41) is 15.0. The standard InChI is InChI=1S/C16H18N4O2S/c1-11-8-12(2)20-15(17-11)18-16(19-20)23-10-13(21)9-22-14-6-4-3-5-7-14/h3-8,13,21H,9-10H2,1-2H3/t13-/m1/s1. The minimum absolute atomic E-state index is 0.237. The molecule has 0 fully saturated rings. The molecule has 0 aliphatic carbocycles. The zero-order valence-electron chi connectivity index (χ0n) is 13.0. The van der Waals surface area contributed by atoms with Gasteiger partial charge in [0.25, 0.3) is 5.78 Å². The van der Waals surface area contributed by atoms with Gasteiger partial charge in [-0.25, -0.2) is 9.50 Å². The molecular weight excluding hydrogens is 312 g/mol. The van der Waals surface area contributed by atoms with Crippen LogP contribution in [-0.2, 0) is 0 Å². The minimum atomic E-state index is -0.595. The zero-order chi connectivity index (χ0) is 16.2. The molecule has 0 unspecified atom stereocenters. The summed E-state index contributed by atoms with van der Waals surface area (Å²) < 4.78 is 7.24. The molecule has 7 heteroatoms. The maximum Gasteiger partial charge on any atom is 0.253 e. The van der Waals surface area contributed by atoms with E-state index in [9.17, 15) is 5.11 Å². The largest absolute Gasteiger partial charge is 0.491 e. The molecule has 23 heavy (non-hydrogen) atoms. The van der Waals surface area contributed by atoms with E-state index in [-0.39, 0.29) is 6.61 Å². The minimum Gasteiger partial charge on any atom is -0.491 e. The number of aliphatic hydroxyl groups is 1. The number of hydrogen-bond donors (Lipinski definition) is 1. The Balaban J connectivity index is 1.56. The highest BCUT2D eigenvalue weighted by Gasteiger charge is 2.11. The molecule has 0 saturated carbocycles. The number of ether oxygens (including phenoxy) is 1. The predicted octanol–water partition coefficient (Wildman–Crippen LogP) is 2.27. The second-order valence-corrected chi connectivity index (χ2v) is 6.22. The number of rotatable bonds is 6. The van der Waals surface area contributed by atoms with Crippen LogP contribution in [0.5, 0.6) is 5.75 Å². The summed E-state index contributed by atoms with van der Waals surface area (Å²) in [6, 6.07) is 11.4. The van der Waals surface area contributed by atoms with Gasteiger partial charge in [-0.15, -0.1) is 5.10 Å². The predicted molar refractivity (Wildman–Crippen MR) is 88.9 cm³/mol. The number of benzene rings is 1. The van der Waals surface area contributed by atoms with Crippen LogP contribution in [-0.4, -0.2) is 43.2 Å². The highest BCUT2D eigenvalue weighted by atomic mass is 32.2. The molecular formula is C16H18N4O2S. The molecule has 1 aromatic carbocycles. The van der Waals surface area contributed by atoms with Gasteiger partial charge in [0.1, 0.15) is 12.4 Å². The van der Waals surface area contributed by atoms with Gasteiger partial charge in [-0.1, -0.05) is 30.0 Å². The summed E-state index contributed by atoms with van der Waals surface area (Å²) in [5.41, 5.74) is 1.90. The summed E-state index contributed by atoms with van der Waals surface area (Å²) >= 11 is 1.39. The number of aliphatic hydroxyl groups excluding tert-OH is 1. The summed E-state index contributed by atoms with van der Waals surface area (Å²) in [7, 11) is 0. The second kappa shape index (κ2) is 6.97. The highest BCUT2D eigenvalue weighted by Crippen LogP contribution is 2.17. The van der Waals surface area contributed by atoms with Crippen molar-refractivity contribution in [2.45, 2.75) is 25.1 Å². The summed E-state index contributed by atoms with van der Waals surface area (Å²) in [5.74, 6) is 1.79. The number of thioether (sulfide) groups is 1. The first-order chi connectivity index (χ1) is 11.1. The van der Waals surface area contributed by atoms with Gasteiger partial charge >= 0.3 is 0 Å². The molecule has 0 aliphatic rings. The number of aromatic nitrogens is 4. The second-order valence-electron chi connectivity index (χ2n) is 5.23. The monoisotopic (exact) mass is 330 g/mol. The molecule has 6 nitrogen and oxygen atoms in total. The normalized spacial score (nSPS) is 12.5. The quantitative estimate of drug-likeness (QED) is 0.699. The fourth-order valence-corrected chi connectivity index (χ4v) is 2.86. The Morgan fingerprint density at radius 1 is 1.22 bits per heavy atom. The molecule has 2 aromatic heterocycles. The smallest absolute Gasteiger partial charge is 0.253 e. The lowest BCUT2D eigenvalue weighted by atomic mass is 10.3. The molecule has 0 spiro atoms. The van der Waals surface area contributed by atoms with Crippen LogP contribution < -0.4 is 4.74 Å². The Labute approximate surface area is 138 Å². The van der Waals surface area contributed by atoms with Crippen LogP contribution in [0.15, 0.2) is 41.6 Å². The molecule has 120 valence electrons. The Morgan fingerprint density at radius 3 is 2.78 bits per heavy atom. The van der Waals surface area contributed by atoms with Crippen molar-refractivity contribution in [2.75, 3.05) is 12.4 Å². The van der Waals surface area contributed by atoms with Crippen molar-refractivity contribution >= 4 is 17.5 Å². The van der Waals surface area contributed by atoms with E-state index < -0.39 is 6.10 Å². The number of fused-ring (bicyclic) bond motifs is 1. The lowest BCUT2D eigenvalue weighted by molar-refractivity contribution is 0.126. The lowest BCUT2D eigenvalue weighted by Crippen LogP contribution is -2.20. The molecule has 0 radical (unpaired) electrons. The summed E-state index contributed by atoms with van der Waals surface area (Å²) in [6.45, 7) is 4.13. The first kappa shape index (κ1) is 15.8. The van der Waals surface area contributed by atoms with Crippen molar-refractivity contribution < 1.29 is 9.84 Å². The van der Waals surface area contributed by atoms with Gasteiger partial charge in [-0.2, -0.15) is 4.98 Å². The van der Waals surface area contributed by atoms with Crippen molar-refractivity contribution in [1.29, 1.82) is 0 Å². The van der Waals surface area contributed by atoms with E-state index in [0.29, 0.717) is 16.7 Å². The Morgan fingerprint density at radius 2 is 2.00 bits per heavy atom. The molecule has 0 aliphatic heterocycles. The van der Waals surface area contributed by atoms with Crippen molar-refractivity contribution in [2.24, 2.45) is 0 Å². The molecule has 3 rings (SSSR count). The molecule has 0 bridgehead atoms. The third-order valence-electron chi connectivity index (χ3n) is 3.19. The molecule has 1 atom stereocenters. The van der Waals surface area contributed by atoms with E-state index >= 15 is 0 Å². The summed E-state index contributed by atoms with van der Waals surface area (Å²) in [4.78, 5) is 8.73. The Bertz CT molecular complexity index is 791. The maximum absolute atomic E-state index is 10.0. The van der Waals surface area contributed by atoms with Crippen LogP contribution in [0.2, 0.25) is 0 Å². The fraction of sp³-hybridized carbons (Fsp3) is 0.312. The van der Waals surface area contributed by atoms with Gasteiger partial charge in [0.05, 0.1) is 6.10 Å². The first-order valence-corrected chi connectivity index (χ1v) is 8.30. The third kappa shape index (κ3) is 4.00. The topological polar surface area (TPSA) is 72.5 Å². The summed E-state index contributed by atoms with van der Waals surface area (Å²) in [6.07, 6.45) is -0.595. The van der Waals surface area contributed by atoms with Gasteiger partial charge in [-0.3, -0.25) is 0 Å².